The van der Waals surface area contributed by atoms with Gasteiger partial charge >= 0.3 is 5.97 Å². The molecule has 0 fully saturated rings. The molecule has 0 aliphatic carbocycles. The summed E-state index contributed by atoms with van der Waals surface area (Å²) < 4.78 is 12.2. The van der Waals surface area contributed by atoms with Crippen molar-refractivity contribution in [3.63, 3.8) is 0 Å². The number of hydrogen-bond acceptors (Lipinski definition) is 5. The fraction of sp³-hybridized carbons (Fsp3) is 0.250. The maximum Gasteiger partial charge on any atom is 0.338 e. The number of hydrogen-bond donors (Lipinski definition) is 0. The molecule has 0 saturated carbocycles. The number of nitrogens with zero attached hydrogens (tertiary/aromatic N) is 2. The van der Waals surface area contributed by atoms with Crippen LogP contribution in [0, 0.1) is 27.7 Å². The Labute approximate surface area is 151 Å². The van der Waals surface area contributed by atoms with Crippen LogP contribution in [0.25, 0.3) is 5.82 Å². The minimum absolute atomic E-state index is 0.258. The van der Waals surface area contributed by atoms with E-state index in [2.05, 4.69) is 5.16 Å². The van der Waals surface area contributed by atoms with Crippen molar-refractivity contribution in [2.75, 3.05) is 6.61 Å². The number of ketones is 1. The number of carbonyl (C=O) groups is 2. The van der Waals surface area contributed by atoms with E-state index in [-0.39, 0.29) is 12.4 Å². The summed E-state index contributed by atoms with van der Waals surface area (Å²) in [7, 11) is 0. The zero-order valence-corrected chi connectivity index (χ0v) is 15.2. The molecule has 6 nitrogen and oxygen atoms in total. The van der Waals surface area contributed by atoms with E-state index in [0.717, 1.165) is 17.0 Å². The maximum absolute atomic E-state index is 12.6. The summed E-state index contributed by atoms with van der Waals surface area (Å²) in [5.74, 6) is 0.546. The molecule has 0 amide bonds. The van der Waals surface area contributed by atoms with Gasteiger partial charge in [0.15, 0.2) is 12.4 Å². The maximum atomic E-state index is 12.6. The van der Waals surface area contributed by atoms with Crippen LogP contribution in [0.4, 0.5) is 0 Å². The zero-order chi connectivity index (χ0) is 18.8. The van der Waals surface area contributed by atoms with Crippen molar-refractivity contribution in [2.24, 2.45) is 0 Å². The Morgan fingerprint density at radius 1 is 1.08 bits per heavy atom. The standard InChI is InChI=1S/C20H20N2O4/c1-12-7-5-6-8-16(12)20(24)25-11-18(23)17-9-13(2)22(15(17)4)19-10-14(3)26-21-19/h5-10H,11H2,1-4H3. The normalized spacial score (nSPS) is 10.8. The number of Topliss-reactive ketones (excluding diaryl/α,β-unsaturated/α-hetero) is 1. The molecule has 3 aromatic rings. The van der Waals surface area contributed by atoms with Gasteiger partial charge in [-0.05, 0) is 45.4 Å². The SMILES string of the molecule is Cc1cc(-n2c(C)cc(C(=O)COC(=O)c3ccccc3C)c2C)no1. The quantitative estimate of drug-likeness (QED) is 0.516. The van der Waals surface area contributed by atoms with Crippen molar-refractivity contribution >= 4 is 11.8 Å². The van der Waals surface area contributed by atoms with E-state index < -0.39 is 5.97 Å². The van der Waals surface area contributed by atoms with Crippen LogP contribution in [0.1, 0.15) is 43.4 Å². The predicted octanol–water partition coefficient (Wildman–Crippen LogP) is 3.74. The monoisotopic (exact) mass is 352 g/mol. The van der Waals surface area contributed by atoms with Gasteiger partial charge in [0, 0.05) is 23.0 Å². The molecule has 0 radical (unpaired) electrons. The summed E-state index contributed by atoms with van der Waals surface area (Å²) in [5, 5.41) is 4.00. The fourth-order valence-corrected chi connectivity index (χ4v) is 2.94. The van der Waals surface area contributed by atoms with Gasteiger partial charge in [0.2, 0.25) is 5.78 Å². The first-order valence-electron chi connectivity index (χ1n) is 8.27. The first-order valence-corrected chi connectivity index (χ1v) is 8.27. The number of aromatic nitrogens is 2. The van der Waals surface area contributed by atoms with Crippen LogP contribution in [0.15, 0.2) is 40.9 Å². The van der Waals surface area contributed by atoms with Gasteiger partial charge in [-0.1, -0.05) is 23.4 Å². The molecule has 2 aromatic heterocycles. The molecule has 6 heteroatoms. The van der Waals surface area contributed by atoms with Gasteiger partial charge < -0.3 is 9.26 Å². The third kappa shape index (κ3) is 3.31. The van der Waals surface area contributed by atoms with Gasteiger partial charge in [0.25, 0.3) is 0 Å². The predicted molar refractivity (Wildman–Crippen MR) is 95.8 cm³/mol. The Bertz CT molecular complexity index is 982. The van der Waals surface area contributed by atoms with E-state index in [1.807, 2.05) is 44.4 Å². The molecule has 0 aliphatic rings. The average molecular weight is 352 g/mol. The van der Waals surface area contributed by atoms with Crippen molar-refractivity contribution in [1.82, 2.24) is 9.72 Å². The van der Waals surface area contributed by atoms with Crippen LogP contribution >= 0.6 is 0 Å². The summed E-state index contributed by atoms with van der Waals surface area (Å²) in [4.78, 5) is 24.7. The molecule has 3 rings (SSSR count). The number of benzene rings is 1. The first kappa shape index (κ1) is 17.7. The number of rotatable bonds is 5. The molecule has 26 heavy (non-hydrogen) atoms. The number of carbonyl (C=O) groups excluding carboxylic acids is 2. The second-order valence-corrected chi connectivity index (χ2v) is 6.23. The first-order chi connectivity index (χ1) is 12.4. The lowest BCUT2D eigenvalue weighted by molar-refractivity contribution is 0.0474. The summed E-state index contributed by atoms with van der Waals surface area (Å²) >= 11 is 0. The largest absolute Gasteiger partial charge is 0.454 e. The highest BCUT2D eigenvalue weighted by Gasteiger charge is 2.20. The van der Waals surface area contributed by atoms with Crippen LogP contribution in [-0.2, 0) is 4.74 Å². The fourth-order valence-electron chi connectivity index (χ4n) is 2.94. The third-order valence-electron chi connectivity index (χ3n) is 4.28. The molecule has 134 valence electrons. The van der Waals surface area contributed by atoms with Crippen LogP contribution in [0.5, 0.6) is 0 Å². The lowest BCUT2D eigenvalue weighted by Crippen LogP contribution is -2.15. The van der Waals surface area contributed by atoms with Crippen LogP contribution in [0.3, 0.4) is 0 Å². The topological polar surface area (TPSA) is 74.3 Å². The molecular weight excluding hydrogens is 332 g/mol. The smallest absolute Gasteiger partial charge is 0.338 e. The van der Waals surface area contributed by atoms with E-state index in [4.69, 9.17) is 9.26 Å². The van der Waals surface area contributed by atoms with E-state index in [9.17, 15) is 9.59 Å². The Hall–Kier alpha value is -3.15. The van der Waals surface area contributed by atoms with Gasteiger partial charge in [-0.3, -0.25) is 9.36 Å². The molecule has 2 heterocycles. The highest BCUT2D eigenvalue weighted by atomic mass is 16.5. The van der Waals surface area contributed by atoms with Gasteiger partial charge in [-0.25, -0.2) is 4.79 Å². The molecule has 0 unspecified atom stereocenters. The lowest BCUT2D eigenvalue weighted by Gasteiger charge is -2.07. The second-order valence-electron chi connectivity index (χ2n) is 6.23. The molecule has 0 N–H and O–H groups in total. The number of ether oxygens (including phenoxy) is 1. The van der Waals surface area contributed by atoms with Crippen molar-refractivity contribution < 1.29 is 18.8 Å². The van der Waals surface area contributed by atoms with E-state index in [0.29, 0.717) is 22.7 Å². The van der Waals surface area contributed by atoms with Crippen LogP contribution in [-0.4, -0.2) is 28.1 Å². The molecule has 0 bridgehead atoms. The Morgan fingerprint density at radius 3 is 2.46 bits per heavy atom. The minimum Gasteiger partial charge on any atom is -0.454 e. The third-order valence-corrected chi connectivity index (χ3v) is 4.28. The van der Waals surface area contributed by atoms with E-state index >= 15 is 0 Å². The van der Waals surface area contributed by atoms with Gasteiger partial charge in [-0.2, -0.15) is 0 Å². The second kappa shape index (κ2) is 7.00. The Kier molecular flexibility index (Phi) is 4.75. The Morgan fingerprint density at radius 2 is 1.81 bits per heavy atom. The van der Waals surface area contributed by atoms with Gasteiger partial charge in [0.1, 0.15) is 5.76 Å². The Balaban J connectivity index is 1.77. The minimum atomic E-state index is -0.502. The zero-order valence-electron chi connectivity index (χ0n) is 15.2. The van der Waals surface area contributed by atoms with Gasteiger partial charge in [-0.15, -0.1) is 0 Å². The summed E-state index contributed by atoms with van der Waals surface area (Å²) in [5.41, 5.74) is 3.35. The number of aryl methyl sites for hydroxylation is 3. The molecule has 0 aliphatic heterocycles. The van der Waals surface area contributed by atoms with E-state index in [1.54, 1.807) is 24.3 Å². The van der Waals surface area contributed by atoms with Crippen LogP contribution in [0.2, 0.25) is 0 Å². The molecule has 1 aromatic carbocycles. The van der Waals surface area contributed by atoms with Crippen molar-refractivity contribution in [1.29, 1.82) is 0 Å². The highest BCUT2D eigenvalue weighted by Crippen LogP contribution is 2.21. The molecular formula is C20H20N2O4. The highest BCUT2D eigenvalue weighted by molar-refractivity contribution is 6.00. The summed E-state index contributed by atoms with van der Waals surface area (Å²) in [6.07, 6.45) is 0. The van der Waals surface area contributed by atoms with Crippen molar-refractivity contribution in [3.05, 3.63) is 70.2 Å². The van der Waals surface area contributed by atoms with E-state index in [1.165, 1.54) is 0 Å². The lowest BCUT2D eigenvalue weighted by atomic mass is 10.1. The van der Waals surface area contributed by atoms with Crippen molar-refractivity contribution in [2.45, 2.75) is 27.7 Å². The van der Waals surface area contributed by atoms with Crippen LogP contribution < -0.4 is 0 Å². The summed E-state index contributed by atoms with van der Waals surface area (Å²) in [6, 6.07) is 10.7. The molecule has 0 saturated heterocycles. The number of esters is 1. The molecule has 0 atom stereocenters. The van der Waals surface area contributed by atoms with Gasteiger partial charge in [0.05, 0.1) is 5.56 Å². The average Bonchev–Trinajstić information content (AvgIpc) is 3.15. The molecule has 0 spiro atoms. The summed E-state index contributed by atoms with van der Waals surface area (Å²) in [6.45, 7) is 7.03. The van der Waals surface area contributed by atoms with Crippen molar-refractivity contribution in [3.8, 4) is 5.82 Å².